The van der Waals surface area contributed by atoms with E-state index >= 15 is 0 Å². The highest BCUT2D eigenvalue weighted by atomic mass is 16.2. The van der Waals surface area contributed by atoms with E-state index in [1.165, 1.54) is 12.3 Å². The van der Waals surface area contributed by atoms with E-state index < -0.39 is 11.2 Å². The summed E-state index contributed by atoms with van der Waals surface area (Å²) in [6, 6.07) is 1.25. The fourth-order valence-electron chi connectivity index (χ4n) is 2.16. The van der Waals surface area contributed by atoms with Crippen molar-refractivity contribution in [3.05, 3.63) is 33.1 Å². The molecule has 0 bridgehead atoms. The van der Waals surface area contributed by atoms with Gasteiger partial charge in [0.25, 0.3) is 5.56 Å². The zero-order valence-electron chi connectivity index (χ0n) is 10.2. The third-order valence-electron chi connectivity index (χ3n) is 3.20. The average molecular weight is 251 g/mol. The molecule has 0 saturated carbocycles. The van der Waals surface area contributed by atoms with Gasteiger partial charge >= 0.3 is 5.69 Å². The molecule has 0 atom stereocenters. The summed E-state index contributed by atoms with van der Waals surface area (Å²) in [5, 5.41) is 0. The molecule has 6 heteroatoms. The SMILES string of the molecule is O=C(Cn1c(=O)cc[nH]c1=O)N1CCCCCC1. The van der Waals surface area contributed by atoms with Crippen LogP contribution in [-0.2, 0) is 11.3 Å². The van der Waals surface area contributed by atoms with E-state index in [1.807, 2.05) is 0 Å². The molecule has 1 amide bonds. The van der Waals surface area contributed by atoms with E-state index in [0.29, 0.717) is 0 Å². The molecule has 0 aliphatic carbocycles. The van der Waals surface area contributed by atoms with Crippen LogP contribution < -0.4 is 11.2 Å². The van der Waals surface area contributed by atoms with Crippen molar-refractivity contribution < 1.29 is 4.79 Å². The fourth-order valence-corrected chi connectivity index (χ4v) is 2.16. The summed E-state index contributed by atoms with van der Waals surface area (Å²) >= 11 is 0. The number of H-pyrrole nitrogens is 1. The maximum absolute atomic E-state index is 12.0. The second-order valence-electron chi connectivity index (χ2n) is 4.50. The Bertz CT molecular complexity index is 496. The summed E-state index contributed by atoms with van der Waals surface area (Å²) in [5.74, 6) is -0.157. The second kappa shape index (κ2) is 5.66. The van der Waals surface area contributed by atoms with Crippen molar-refractivity contribution in [3.63, 3.8) is 0 Å². The lowest BCUT2D eigenvalue weighted by Crippen LogP contribution is -2.42. The molecule has 1 aromatic heterocycles. The zero-order chi connectivity index (χ0) is 13.0. The Labute approximate surface area is 104 Å². The highest BCUT2D eigenvalue weighted by molar-refractivity contribution is 5.75. The number of aromatic nitrogens is 2. The first-order chi connectivity index (χ1) is 8.68. The number of carbonyl (C=O) groups is 1. The van der Waals surface area contributed by atoms with E-state index in [0.717, 1.165) is 43.3 Å². The molecule has 18 heavy (non-hydrogen) atoms. The molecular weight excluding hydrogens is 234 g/mol. The van der Waals surface area contributed by atoms with Gasteiger partial charge in [-0.3, -0.25) is 14.2 Å². The third kappa shape index (κ3) is 2.88. The molecule has 2 heterocycles. The van der Waals surface area contributed by atoms with Gasteiger partial charge in [0.05, 0.1) is 0 Å². The van der Waals surface area contributed by atoms with E-state index in [4.69, 9.17) is 0 Å². The molecule has 1 N–H and O–H groups in total. The van der Waals surface area contributed by atoms with E-state index in [2.05, 4.69) is 4.98 Å². The smallest absolute Gasteiger partial charge is 0.328 e. The molecule has 1 aliphatic heterocycles. The van der Waals surface area contributed by atoms with Crippen molar-refractivity contribution in [1.29, 1.82) is 0 Å². The monoisotopic (exact) mass is 251 g/mol. The molecule has 0 aromatic carbocycles. The zero-order valence-corrected chi connectivity index (χ0v) is 10.2. The van der Waals surface area contributed by atoms with Gasteiger partial charge in [-0.25, -0.2) is 4.79 Å². The average Bonchev–Trinajstić information content (AvgIpc) is 2.62. The Balaban J connectivity index is 2.11. The molecule has 6 nitrogen and oxygen atoms in total. The Morgan fingerprint density at radius 2 is 1.83 bits per heavy atom. The van der Waals surface area contributed by atoms with Crippen LogP contribution >= 0.6 is 0 Å². The maximum atomic E-state index is 12.0. The summed E-state index contributed by atoms with van der Waals surface area (Å²) < 4.78 is 0.938. The molecule has 0 radical (unpaired) electrons. The first-order valence-corrected chi connectivity index (χ1v) is 6.25. The van der Waals surface area contributed by atoms with Crippen LogP contribution in [0.15, 0.2) is 21.9 Å². The van der Waals surface area contributed by atoms with Gasteiger partial charge in [0.1, 0.15) is 6.54 Å². The highest BCUT2D eigenvalue weighted by Gasteiger charge is 2.16. The van der Waals surface area contributed by atoms with Gasteiger partial charge in [-0.15, -0.1) is 0 Å². The van der Waals surface area contributed by atoms with Gasteiger partial charge < -0.3 is 9.88 Å². The van der Waals surface area contributed by atoms with Crippen molar-refractivity contribution in [3.8, 4) is 0 Å². The predicted molar refractivity (Wildman–Crippen MR) is 66.4 cm³/mol. The Kier molecular flexibility index (Phi) is 3.96. The van der Waals surface area contributed by atoms with E-state index in [1.54, 1.807) is 4.90 Å². The number of nitrogens with zero attached hydrogens (tertiary/aromatic N) is 2. The fraction of sp³-hybridized carbons (Fsp3) is 0.583. The van der Waals surface area contributed by atoms with Crippen molar-refractivity contribution in [2.45, 2.75) is 32.2 Å². The molecular formula is C12H17N3O3. The van der Waals surface area contributed by atoms with Crippen LogP contribution in [-0.4, -0.2) is 33.4 Å². The number of hydrogen-bond donors (Lipinski definition) is 1. The van der Waals surface area contributed by atoms with Crippen LogP contribution in [0.4, 0.5) is 0 Å². The quantitative estimate of drug-likeness (QED) is 0.800. The number of carbonyl (C=O) groups excluding carboxylic acids is 1. The van der Waals surface area contributed by atoms with Crippen LogP contribution in [0.2, 0.25) is 0 Å². The van der Waals surface area contributed by atoms with Crippen LogP contribution in [0, 0.1) is 0 Å². The Morgan fingerprint density at radius 3 is 2.44 bits per heavy atom. The molecule has 2 rings (SSSR count). The standard InChI is InChI=1S/C12H17N3O3/c16-10-5-6-13-12(18)15(10)9-11(17)14-7-3-1-2-4-8-14/h5-6H,1-4,7-9H2,(H,13,18). The summed E-state index contributed by atoms with van der Waals surface area (Å²) in [4.78, 5) is 39.1. The summed E-state index contributed by atoms with van der Waals surface area (Å²) in [6.07, 6.45) is 5.54. The highest BCUT2D eigenvalue weighted by Crippen LogP contribution is 2.09. The second-order valence-corrected chi connectivity index (χ2v) is 4.50. The molecule has 1 aromatic rings. The number of hydrogen-bond acceptors (Lipinski definition) is 3. The van der Waals surface area contributed by atoms with Crippen molar-refractivity contribution in [2.24, 2.45) is 0 Å². The summed E-state index contributed by atoms with van der Waals surface area (Å²) in [7, 11) is 0. The predicted octanol–water partition coefficient (Wildman–Crippen LogP) is -0.0608. The first-order valence-electron chi connectivity index (χ1n) is 6.25. The van der Waals surface area contributed by atoms with Gasteiger partial charge in [-0.2, -0.15) is 0 Å². The van der Waals surface area contributed by atoms with Crippen molar-refractivity contribution in [2.75, 3.05) is 13.1 Å². The number of amides is 1. The van der Waals surface area contributed by atoms with Crippen molar-refractivity contribution >= 4 is 5.91 Å². The van der Waals surface area contributed by atoms with Gasteiger partial charge in [-0.05, 0) is 12.8 Å². The lowest BCUT2D eigenvalue weighted by Gasteiger charge is -2.20. The van der Waals surface area contributed by atoms with Gasteiger partial charge in [0, 0.05) is 25.4 Å². The summed E-state index contributed by atoms with van der Waals surface area (Å²) in [6.45, 7) is 1.27. The van der Waals surface area contributed by atoms with Crippen LogP contribution in [0.3, 0.4) is 0 Å². The minimum atomic E-state index is -0.536. The molecule has 1 saturated heterocycles. The molecule has 98 valence electrons. The van der Waals surface area contributed by atoms with Crippen molar-refractivity contribution in [1.82, 2.24) is 14.5 Å². The maximum Gasteiger partial charge on any atom is 0.328 e. The molecule has 1 aliphatic rings. The van der Waals surface area contributed by atoms with Crippen LogP contribution in [0.5, 0.6) is 0 Å². The van der Waals surface area contributed by atoms with Gasteiger partial charge in [0.15, 0.2) is 0 Å². The number of rotatable bonds is 2. The minimum absolute atomic E-state index is 0.157. The summed E-state index contributed by atoms with van der Waals surface area (Å²) in [5.41, 5.74) is -0.979. The number of nitrogens with one attached hydrogen (secondary N) is 1. The number of aromatic amines is 1. The lowest BCUT2D eigenvalue weighted by molar-refractivity contribution is -0.131. The molecule has 0 unspecified atom stereocenters. The number of likely N-dealkylation sites (tertiary alicyclic amines) is 1. The first kappa shape index (κ1) is 12.6. The van der Waals surface area contributed by atoms with Crippen LogP contribution in [0.25, 0.3) is 0 Å². The normalized spacial score (nSPS) is 16.3. The topological polar surface area (TPSA) is 75.2 Å². The minimum Gasteiger partial charge on any atom is -0.341 e. The third-order valence-corrected chi connectivity index (χ3v) is 3.20. The van der Waals surface area contributed by atoms with E-state index in [-0.39, 0.29) is 12.5 Å². The van der Waals surface area contributed by atoms with Crippen LogP contribution in [0.1, 0.15) is 25.7 Å². The largest absolute Gasteiger partial charge is 0.341 e. The Morgan fingerprint density at radius 1 is 1.17 bits per heavy atom. The lowest BCUT2D eigenvalue weighted by atomic mass is 10.2. The molecule has 0 spiro atoms. The molecule has 1 fully saturated rings. The van der Waals surface area contributed by atoms with Gasteiger partial charge in [-0.1, -0.05) is 12.8 Å². The Hall–Kier alpha value is -1.85. The van der Waals surface area contributed by atoms with E-state index in [9.17, 15) is 14.4 Å². The van der Waals surface area contributed by atoms with Gasteiger partial charge in [0.2, 0.25) is 5.91 Å².